The highest BCUT2D eigenvalue weighted by Gasteiger charge is 2.32. The van der Waals surface area contributed by atoms with Gasteiger partial charge >= 0.3 is 6.18 Å². The summed E-state index contributed by atoms with van der Waals surface area (Å²) in [5.41, 5.74) is -1.38. The predicted molar refractivity (Wildman–Crippen MR) is 77.9 cm³/mol. The number of hydrogen-bond donors (Lipinski definition) is 3. The van der Waals surface area contributed by atoms with Gasteiger partial charge < -0.3 is 15.7 Å². The minimum absolute atomic E-state index is 0.110. The van der Waals surface area contributed by atoms with Crippen molar-refractivity contribution in [3.8, 4) is 5.75 Å². The molecule has 0 aliphatic rings. The van der Waals surface area contributed by atoms with Crippen molar-refractivity contribution in [1.29, 1.82) is 0 Å². The number of phenolic OH excluding ortho intramolecular Hbond substituents is 1. The number of aromatic hydroxyl groups is 1. The van der Waals surface area contributed by atoms with E-state index in [9.17, 15) is 27.9 Å². The maximum Gasteiger partial charge on any atom is 0.416 e. The third-order valence-electron chi connectivity index (χ3n) is 3.15. The Kier molecular flexibility index (Phi) is 6.00. The van der Waals surface area contributed by atoms with Crippen LogP contribution in [-0.4, -0.2) is 30.0 Å². The molecule has 0 saturated carbocycles. The lowest BCUT2D eigenvalue weighted by Gasteiger charge is -2.19. The summed E-state index contributed by atoms with van der Waals surface area (Å²) >= 11 is 0. The molecule has 0 heterocycles. The van der Waals surface area contributed by atoms with Crippen molar-refractivity contribution in [2.24, 2.45) is 5.92 Å². The summed E-state index contributed by atoms with van der Waals surface area (Å²) in [6, 6.07) is 1.22. The molecule has 5 nitrogen and oxygen atoms in total. The third-order valence-corrected chi connectivity index (χ3v) is 3.15. The van der Waals surface area contributed by atoms with Gasteiger partial charge in [0.2, 0.25) is 5.91 Å². The first kappa shape index (κ1) is 18.8. The topological polar surface area (TPSA) is 78.4 Å². The molecule has 1 aromatic carbocycles. The van der Waals surface area contributed by atoms with Crippen molar-refractivity contribution in [3.63, 3.8) is 0 Å². The number of rotatable bonds is 5. The van der Waals surface area contributed by atoms with E-state index in [1.807, 2.05) is 13.8 Å². The lowest BCUT2D eigenvalue weighted by Crippen LogP contribution is -2.46. The van der Waals surface area contributed by atoms with E-state index < -0.39 is 35.3 Å². The number of benzene rings is 1. The second-order valence-corrected chi connectivity index (χ2v) is 5.50. The summed E-state index contributed by atoms with van der Waals surface area (Å²) in [5.74, 6) is -1.92. The summed E-state index contributed by atoms with van der Waals surface area (Å²) < 4.78 is 37.6. The molecule has 8 heteroatoms. The number of carbonyl (C=O) groups is 2. The van der Waals surface area contributed by atoms with Crippen LogP contribution in [0.2, 0.25) is 0 Å². The zero-order chi connectivity index (χ0) is 17.8. The van der Waals surface area contributed by atoms with Gasteiger partial charge in [0.15, 0.2) is 0 Å². The summed E-state index contributed by atoms with van der Waals surface area (Å²) in [7, 11) is 1.41. The molecule has 23 heavy (non-hydrogen) atoms. The van der Waals surface area contributed by atoms with Gasteiger partial charge in [0.25, 0.3) is 5.91 Å². The Bertz CT molecular complexity index is 586. The molecule has 0 aromatic heterocycles. The number of carbonyl (C=O) groups excluding carboxylic acids is 2. The quantitative estimate of drug-likeness (QED) is 0.774. The standard InChI is InChI=1S/C15H19F3N2O3/c1-8(2)6-11(14(23)19-3)20-13(22)10-5-4-9(7-12(10)21)15(16,17)18/h4-5,7-8,11,21H,6H2,1-3H3,(H,19,23)(H,20,22)/t11-/m1/s1. The maximum absolute atomic E-state index is 12.5. The lowest BCUT2D eigenvalue weighted by atomic mass is 10.0. The maximum atomic E-state index is 12.5. The molecule has 0 spiro atoms. The van der Waals surface area contributed by atoms with E-state index in [1.165, 1.54) is 7.05 Å². The Morgan fingerprint density at radius 3 is 2.30 bits per heavy atom. The van der Waals surface area contributed by atoms with Crippen molar-refractivity contribution >= 4 is 11.8 Å². The highest BCUT2D eigenvalue weighted by molar-refractivity contribution is 5.99. The molecule has 1 aromatic rings. The van der Waals surface area contributed by atoms with Gasteiger partial charge in [-0.05, 0) is 30.5 Å². The molecule has 0 bridgehead atoms. The molecule has 0 aliphatic heterocycles. The third kappa shape index (κ3) is 5.15. The van der Waals surface area contributed by atoms with Crippen LogP contribution in [0.15, 0.2) is 18.2 Å². The zero-order valence-corrected chi connectivity index (χ0v) is 13.0. The average Bonchev–Trinajstić information content (AvgIpc) is 2.43. The van der Waals surface area contributed by atoms with E-state index in [-0.39, 0.29) is 11.5 Å². The fourth-order valence-electron chi connectivity index (χ4n) is 2.01. The monoisotopic (exact) mass is 332 g/mol. The minimum Gasteiger partial charge on any atom is -0.507 e. The van der Waals surface area contributed by atoms with Gasteiger partial charge in [0.1, 0.15) is 11.8 Å². The largest absolute Gasteiger partial charge is 0.507 e. The SMILES string of the molecule is CNC(=O)[C@@H](CC(C)C)NC(=O)c1ccc(C(F)(F)F)cc1O. The van der Waals surface area contributed by atoms with E-state index >= 15 is 0 Å². The van der Waals surface area contributed by atoms with Crippen LogP contribution in [-0.2, 0) is 11.0 Å². The van der Waals surface area contributed by atoms with Gasteiger partial charge in [0.05, 0.1) is 11.1 Å². The molecule has 1 atom stereocenters. The number of nitrogens with one attached hydrogen (secondary N) is 2. The normalized spacial score (nSPS) is 12.8. The zero-order valence-electron chi connectivity index (χ0n) is 13.0. The smallest absolute Gasteiger partial charge is 0.416 e. The number of halogens is 3. The van der Waals surface area contributed by atoms with Gasteiger partial charge in [-0.15, -0.1) is 0 Å². The first-order valence-corrected chi connectivity index (χ1v) is 6.99. The van der Waals surface area contributed by atoms with Crippen molar-refractivity contribution in [2.45, 2.75) is 32.5 Å². The molecule has 0 fully saturated rings. The number of phenols is 1. The first-order chi connectivity index (χ1) is 10.6. The number of hydrogen-bond acceptors (Lipinski definition) is 3. The Morgan fingerprint density at radius 1 is 1.26 bits per heavy atom. The van der Waals surface area contributed by atoms with E-state index in [0.29, 0.717) is 18.6 Å². The molecule has 1 rings (SSSR count). The second kappa shape index (κ2) is 7.34. The minimum atomic E-state index is -4.62. The van der Waals surface area contributed by atoms with Crippen LogP contribution in [0.3, 0.4) is 0 Å². The molecular weight excluding hydrogens is 313 g/mol. The van der Waals surface area contributed by atoms with E-state index in [1.54, 1.807) is 0 Å². The summed E-state index contributed by atoms with van der Waals surface area (Å²) in [6.45, 7) is 3.72. The number of amides is 2. The molecule has 0 unspecified atom stereocenters. The van der Waals surface area contributed by atoms with E-state index in [4.69, 9.17) is 0 Å². The molecule has 0 radical (unpaired) electrons. The highest BCUT2D eigenvalue weighted by atomic mass is 19.4. The van der Waals surface area contributed by atoms with E-state index in [0.717, 1.165) is 6.07 Å². The van der Waals surface area contributed by atoms with E-state index in [2.05, 4.69) is 10.6 Å². The number of likely N-dealkylation sites (N-methyl/N-ethyl adjacent to an activating group) is 1. The van der Waals surface area contributed by atoms with Crippen molar-refractivity contribution in [2.75, 3.05) is 7.05 Å². The van der Waals surface area contributed by atoms with Gasteiger partial charge in [-0.3, -0.25) is 9.59 Å². The Balaban J connectivity index is 2.98. The molecule has 3 N–H and O–H groups in total. The molecule has 0 aliphatic carbocycles. The summed E-state index contributed by atoms with van der Waals surface area (Å²) in [6.07, 6.45) is -4.26. The van der Waals surface area contributed by atoms with Gasteiger partial charge in [-0.2, -0.15) is 13.2 Å². The van der Waals surface area contributed by atoms with Crippen LogP contribution < -0.4 is 10.6 Å². The van der Waals surface area contributed by atoms with Gasteiger partial charge in [-0.1, -0.05) is 13.8 Å². The van der Waals surface area contributed by atoms with Gasteiger partial charge in [-0.25, -0.2) is 0 Å². The van der Waals surface area contributed by atoms with Crippen LogP contribution in [0.4, 0.5) is 13.2 Å². The average molecular weight is 332 g/mol. The Labute approximate surface area is 131 Å². The molecule has 2 amide bonds. The highest BCUT2D eigenvalue weighted by Crippen LogP contribution is 2.32. The van der Waals surface area contributed by atoms with Gasteiger partial charge in [0, 0.05) is 7.05 Å². The Hall–Kier alpha value is -2.25. The molecule has 128 valence electrons. The van der Waals surface area contributed by atoms with Crippen LogP contribution in [0.25, 0.3) is 0 Å². The van der Waals surface area contributed by atoms with Crippen LogP contribution >= 0.6 is 0 Å². The predicted octanol–water partition coefficient (Wildman–Crippen LogP) is 2.30. The lowest BCUT2D eigenvalue weighted by molar-refractivity contribution is -0.137. The summed E-state index contributed by atoms with van der Waals surface area (Å²) in [5, 5.41) is 14.5. The van der Waals surface area contributed by atoms with Crippen molar-refractivity contribution < 1.29 is 27.9 Å². The van der Waals surface area contributed by atoms with Crippen molar-refractivity contribution in [1.82, 2.24) is 10.6 Å². The first-order valence-electron chi connectivity index (χ1n) is 6.99. The second-order valence-electron chi connectivity index (χ2n) is 5.50. The molecular formula is C15H19F3N2O3. The number of alkyl halides is 3. The fraction of sp³-hybridized carbons (Fsp3) is 0.467. The molecule has 0 saturated heterocycles. The fourth-order valence-corrected chi connectivity index (χ4v) is 2.01. The summed E-state index contributed by atoms with van der Waals surface area (Å²) in [4.78, 5) is 23.9. The van der Waals surface area contributed by atoms with Crippen LogP contribution in [0.5, 0.6) is 5.75 Å². The van der Waals surface area contributed by atoms with Crippen LogP contribution in [0, 0.1) is 5.92 Å². The van der Waals surface area contributed by atoms with Crippen LogP contribution in [0.1, 0.15) is 36.2 Å². The Morgan fingerprint density at radius 2 is 1.87 bits per heavy atom. The van der Waals surface area contributed by atoms with Crippen molar-refractivity contribution in [3.05, 3.63) is 29.3 Å².